The number of hydroxylamine groups is 2. The molecule has 4 amide bonds. The second-order valence-electron chi connectivity index (χ2n) is 8.68. The molecule has 0 aromatic heterocycles. The molecule has 0 bridgehead atoms. The van der Waals surface area contributed by atoms with Crippen molar-refractivity contribution in [2.24, 2.45) is 17.8 Å². The lowest BCUT2D eigenvalue weighted by molar-refractivity contribution is -0.173. The van der Waals surface area contributed by atoms with Gasteiger partial charge in [-0.05, 0) is 37.0 Å². The first-order valence-electron chi connectivity index (χ1n) is 10.0. The van der Waals surface area contributed by atoms with Gasteiger partial charge < -0.3 is 5.11 Å². The van der Waals surface area contributed by atoms with Gasteiger partial charge in [0.2, 0.25) is 0 Å². The molecular weight excluding hydrogens is 607 g/mol. The van der Waals surface area contributed by atoms with Crippen molar-refractivity contribution >= 4 is 78.7 Å². The highest BCUT2D eigenvalue weighted by atomic mass is 79.9. The highest BCUT2D eigenvalue weighted by Crippen LogP contribution is 2.66. The second kappa shape index (κ2) is 7.52. The molecule has 0 unspecified atom stereocenters. The number of hydrogen-bond acceptors (Lipinski definition) is 6. The van der Waals surface area contributed by atoms with Gasteiger partial charge in [-0.25, -0.2) is 0 Å². The van der Waals surface area contributed by atoms with E-state index < -0.39 is 57.0 Å². The maximum absolute atomic E-state index is 13.5. The molecule has 174 valence electrons. The largest absolute Gasteiger partial charge is 0.508 e. The molecular formula is C21H16Br2Cl2N2O6. The van der Waals surface area contributed by atoms with Crippen LogP contribution in [0.1, 0.15) is 24.3 Å². The third-order valence-electron chi connectivity index (χ3n) is 7.29. The SMILES string of the molecule is O=C1[C@H]2[C@H](CC=C3[C@H]2C[C@@]2(Cl)C(=O)N(CBr)C(=O)[C@@]2(Cl)[C@H]3c2cc(Br)ccc2O)C(=O)N1O. The van der Waals surface area contributed by atoms with Gasteiger partial charge >= 0.3 is 0 Å². The molecule has 1 aromatic carbocycles. The fourth-order valence-corrected chi connectivity index (χ4v) is 7.63. The van der Waals surface area contributed by atoms with E-state index in [0.29, 0.717) is 10.0 Å². The molecule has 2 aliphatic heterocycles. The van der Waals surface area contributed by atoms with Crippen LogP contribution in [0.5, 0.6) is 5.75 Å². The van der Waals surface area contributed by atoms with Gasteiger partial charge in [-0.3, -0.25) is 29.3 Å². The maximum Gasteiger partial charge on any atom is 0.257 e. The van der Waals surface area contributed by atoms with Crippen molar-refractivity contribution in [3.63, 3.8) is 0 Å². The minimum Gasteiger partial charge on any atom is -0.508 e. The minimum absolute atomic E-state index is 0.119. The van der Waals surface area contributed by atoms with Crippen molar-refractivity contribution in [2.75, 3.05) is 5.45 Å². The summed E-state index contributed by atoms with van der Waals surface area (Å²) in [5.74, 6) is -6.70. The van der Waals surface area contributed by atoms with Crippen LogP contribution in [0.25, 0.3) is 0 Å². The summed E-state index contributed by atoms with van der Waals surface area (Å²) in [6.07, 6.45) is 1.67. The lowest BCUT2D eigenvalue weighted by Gasteiger charge is -2.50. The summed E-state index contributed by atoms with van der Waals surface area (Å²) in [5.41, 5.74) is 0.654. The van der Waals surface area contributed by atoms with Gasteiger partial charge in [0.1, 0.15) is 5.75 Å². The number of allylic oxidation sites excluding steroid dienone is 2. The Labute approximate surface area is 214 Å². The van der Waals surface area contributed by atoms with Gasteiger partial charge in [0.25, 0.3) is 23.6 Å². The first-order chi connectivity index (χ1) is 15.5. The van der Waals surface area contributed by atoms with Crippen molar-refractivity contribution in [3.8, 4) is 5.75 Å². The highest BCUT2D eigenvalue weighted by molar-refractivity contribution is 9.10. The van der Waals surface area contributed by atoms with E-state index in [1.54, 1.807) is 18.2 Å². The maximum atomic E-state index is 13.5. The van der Waals surface area contributed by atoms with Crippen LogP contribution in [0.15, 0.2) is 34.3 Å². The Balaban J connectivity index is 1.78. The normalized spacial score (nSPS) is 37.8. The summed E-state index contributed by atoms with van der Waals surface area (Å²) in [5, 5.41) is 20.9. The zero-order valence-corrected chi connectivity index (χ0v) is 21.4. The number of alkyl halides is 3. The van der Waals surface area contributed by atoms with Gasteiger partial charge in [0.15, 0.2) is 9.75 Å². The summed E-state index contributed by atoms with van der Waals surface area (Å²) in [6, 6.07) is 4.62. The Morgan fingerprint density at radius 2 is 1.79 bits per heavy atom. The number of imide groups is 2. The quantitative estimate of drug-likeness (QED) is 0.172. The molecule has 1 aromatic rings. The van der Waals surface area contributed by atoms with E-state index in [9.17, 15) is 29.5 Å². The van der Waals surface area contributed by atoms with E-state index in [1.807, 2.05) is 0 Å². The Bertz CT molecular complexity index is 1180. The predicted octanol–water partition coefficient (Wildman–Crippen LogP) is 3.26. The van der Waals surface area contributed by atoms with Crippen molar-refractivity contribution in [1.29, 1.82) is 0 Å². The van der Waals surface area contributed by atoms with Crippen LogP contribution in [-0.4, -0.2) is 59.1 Å². The Morgan fingerprint density at radius 1 is 1.09 bits per heavy atom. The molecule has 33 heavy (non-hydrogen) atoms. The molecule has 2 N–H and O–H groups in total. The highest BCUT2D eigenvalue weighted by Gasteiger charge is 2.76. The van der Waals surface area contributed by atoms with Crippen molar-refractivity contribution in [1.82, 2.24) is 9.96 Å². The third-order valence-corrected chi connectivity index (χ3v) is 9.70. The molecule has 0 radical (unpaired) electrons. The molecule has 2 heterocycles. The van der Waals surface area contributed by atoms with Crippen LogP contribution in [0.2, 0.25) is 0 Å². The molecule has 4 aliphatic rings. The van der Waals surface area contributed by atoms with Gasteiger partial charge in [-0.1, -0.05) is 43.5 Å². The number of amides is 4. The number of hydrogen-bond donors (Lipinski definition) is 2. The molecule has 8 nitrogen and oxygen atoms in total. The zero-order valence-electron chi connectivity index (χ0n) is 16.7. The third kappa shape index (κ3) is 2.78. The van der Waals surface area contributed by atoms with Crippen LogP contribution < -0.4 is 0 Å². The number of benzene rings is 1. The Morgan fingerprint density at radius 3 is 2.45 bits per heavy atom. The van der Waals surface area contributed by atoms with E-state index >= 15 is 0 Å². The summed E-state index contributed by atoms with van der Waals surface area (Å²) in [4.78, 5) is 49.2. The molecule has 0 spiro atoms. The van der Waals surface area contributed by atoms with Gasteiger partial charge in [-0.15, -0.1) is 23.2 Å². The molecule has 5 rings (SSSR count). The van der Waals surface area contributed by atoms with Gasteiger partial charge in [-0.2, -0.15) is 5.06 Å². The Kier molecular flexibility index (Phi) is 5.31. The summed E-state index contributed by atoms with van der Waals surface area (Å²) >= 11 is 20.5. The number of aromatic hydroxyl groups is 1. The van der Waals surface area contributed by atoms with Crippen molar-refractivity contribution in [3.05, 3.63) is 39.9 Å². The molecule has 2 aliphatic carbocycles. The number of carbonyl (C=O) groups is 4. The van der Waals surface area contributed by atoms with Crippen LogP contribution in [0.3, 0.4) is 0 Å². The average molecular weight is 623 g/mol. The van der Waals surface area contributed by atoms with Crippen molar-refractivity contribution < 1.29 is 29.5 Å². The number of rotatable bonds is 2. The predicted molar refractivity (Wildman–Crippen MR) is 123 cm³/mol. The fraction of sp³-hybridized carbons (Fsp3) is 0.429. The molecule has 2 saturated heterocycles. The topological polar surface area (TPSA) is 115 Å². The van der Waals surface area contributed by atoms with Crippen LogP contribution in [0.4, 0.5) is 0 Å². The smallest absolute Gasteiger partial charge is 0.257 e. The van der Waals surface area contributed by atoms with Crippen molar-refractivity contribution in [2.45, 2.75) is 28.5 Å². The summed E-state index contributed by atoms with van der Waals surface area (Å²) < 4.78 is 0.593. The molecule has 12 heteroatoms. The number of carbonyl (C=O) groups excluding carboxylic acids is 4. The average Bonchev–Trinajstić information content (AvgIpc) is 3.08. The number of phenols is 1. The number of phenolic OH excluding ortho intramolecular Hbond substituents is 1. The van der Waals surface area contributed by atoms with E-state index in [-0.39, 0.29) is 34.7 Å². The number of likely N-dealkylation sites (tertiary alicyclic amines) is 1. The number of halogens is 4. The first-order valence-corrected chi connectivity index (χ1v) is 12.7. The summed E-state index contributed by atoms with van der Waals surface area (Å²) in [7, 11) is 0. The van der Waals surface area contributed by atoms with Gasteiger partial charge in [0, 0.05) is 16.0 Å². The standard InChI is InChI=1S/C21H16Br2Cl2N2O6/c22-7-26-18(31)20(24)6-12-9(2-3-10-14(12)17(30)27(33)16(10)29)15(21(20,25)19(26)32)11-5-8(23)1-4-13(11)28/h1-2,4-5,10,12,14-15,28,33H,3,6-7H2/t10-,12+,14-,15+,20+,21-/m0/s1. The minimum atomic E-state index is -1.99. The lowest BCUT2D eigenvalue weighted by atomic mass is 9.56. The zero-order chi connectivity index (χ0) is 24.0. The Hall–Kier alpha value is -1.46. The van der Waals surface area contributed by atoms with E-state index in [1.165, 1.54) is 6.07 Å². The van der Waals surface area contributed by atoms with E-state index in [0.717, 1.165) is 4.90 Å². The number of nitrogens with zero attached hydrogens (tertiary/aromatic N) is 2. The monoisotopic (exact) mass is 620 g/mol. The lowest BCUT2D eigenvalue weighted by Crippen LogP contribution is -2.60. The molecule has 6 atom stereocenters. The summed E-state index contributed by atoms with van der Waals surface area (Å²) in [6.45, 7) is 0. The van der Waals surface area contributed by atoms with Crippen LogP contribution >= 0.6 is 55.1 Å². The van der Waals surface area contributed by atoms with E-state index in [2.05, 4.69) is 31.9 Å². The number of fused-ring (bicyclic) bond motifs is 4. The fourth-order valence-electron chi connectivity index (χ4n) is 5.84. The first kappa shape index (κ1) is 23.3. The second-order valence-corrected chi connectivity index (χ2v) is 11.3. The van der Waals surface area contributed by atoms with Gasteiger partial charge in [0.05, 0.1) is 17.3 Å². The molecule has 1 saturated carbocycles. The van der Waals surface area contributed by atoms with E-state index in [4.69, 9.17) is 23.2 Å². The van der Waals surface area contributed by atoms with Crippen LogP contribution in [-0.2, 0) is 19.2 Å². The van der Waals surface area contributed by atoms with Crippen LogP contribution in [0, 0.1) is 17.8 Å². The molecule has 3 fully saturated rings.